The van der Waals surface area contributed by atoms with Crippen LogP contribution in [0.2, 0.25) is 0 Å². The van der Waals surface area contributed by atoms with Gasteiger partial charge in [0.05, 0.1) is 6.42 Å². The molecule has 0 aliphatic heterocycles. The number of Topliss-reactive ketones (excluding diaryl/α,β-unsaturated/α-hetero) is 2. The molecule has 0 saturated heterocycles. The number of benzene rings is 1. The van der Waals surface area contributed by atoms with Gasteiger partial charge in [-0.2, -0.15) is 0 Å². The molecular formula is C18H19BrO2. The first kappa shape index (κ1) is 13.7. The molecule has 3 heteroatoms. The first-order chi connectivity index (χ1) is 10.1. The molecule has 3 fully saturated rings. The van der Waals surface area contributed by atoms with E-state index in [9.17, 15) is 9.59 Å². The molecule has 3 saturated carbocycles. The lowest BCUT2D eigenvalue weighted by Gasteiger charge is -2.22. The van der Waals surface area contributed by atoms with Crippen LogP contribution in [0.3, 0.4) is 0 Å². The zero-order chi connectivity index (χ0) is 14.7. The van der Waals surface area contributed by atoms with Crippen molar-refractivity contribution in [2.24, 2.45) is 23.7 Å². The molecule has 3 aliphatic rings. The molecule has 110 valence electrons. The van der Waals surface area contributed by atoms with Crippen molar-refractivity contribution in [3.8, 4) is 0 Å². The highest BCUT2D eigenvalue weighted by atomic mass is 79.9. The maximum atomic E-state index is 12.2. The summed E-state index contributed by atoms with van der Waals surface area (Å²) in [5.74, 6) is 1.72. The van der Waals surface area contributed by atoms with Gasteiger partial charge >= 0.3 is 0 Å². The van der Waals surface area contributed by atoms with Gasteiger partial charge < -0.3 is 0 Å². The third-order valence-corrected chi connectivity index (χ3v) is 6.50. The van der Waals surface area contributed by atoms with Crippen LogP contribution in [0, 0.1) is 23.7 Å². The molecule has 5 atom stereocenters. The van der Waals surface area contributed by atoms with Gasteiger partial charge in [-0.1, -0.05) is 28.9 Å². The Balaban J connectivity index is 1.80. The van der Waals surface area contributed by atoms with Crippen molar-refractivity contribution in [3.05, 3.63) is 33.8 Å². The van der Waals surface area contributed by atoms with E-state index < -0.39 is 0 Å². The molecule has 0 radical (unpaired) electrons. The van der Waals surface area contributed by atoms with Crippen LogP contribution in [0.4, 0.5) is 0 Å². The van der Waals surface area contributed by atoms with Crippen molar-refractivity contribution < 1.29 is 9.59 Å². The standard InChI is InChI=1S/C18H19BrO2/c1-2-9-3-4-10(19)7-13(9)16-11-5-6-12(16)18-15(21)8-14(20)17(11)18/h3-4,7,11-12,16-18H,2,5-6,8H2,1H3/t11-,12+,16?,17+,18-. The van der Waals surface area contributed by atoms with E-state index in [0.717, 1.165) is 23.7 Å². The molecular weight excluding hydrogens is 328 g/mol. The summed E-state index contributed by atoms with van der Waals surface area (Å²) < 4.78 is 1.10. The molecule has 0 N–H and O–H groups in total. The Hall–Kier alpha value is -0.960. The van der Waals surface area contributed by atoms with Gasteiger partial charge in [0.25, 0.3) is 0 Å². The molecule has 3 aliphatic carbocycles. The Bertz CT molecular complexity index is 608. The number of rotatable bonds is 2. The second-order valence-electron chi connectivity index (χ2n) is 6.79. The molecule has 1 aromatic rings. The summed E-state index contributed by atoms with van der Waals surface area (Å²) in [6.45, 7) is 2.18. The Morgan fingerprint density at radius 1 is 1.05 bits per heavy atom. The third kappa shape index (κ3) is 1.82. The fourth-order valence-electron chi connectivity index (χ4n) is 5.34. The van der Waals surface area contributed by atoms with E-state index in [-0.39, 0.29) is 29.8 Å². The molecule has 1 aromatic carbocycles. The highest BCUT2D eigenvalue weighted by Crippen LogP contribution is 2.63. The average Bonchev–Trinajstić information content (AvgIpc) is 3.10. The number of hydrogen-bond acceptors (Lipinski definition) is 2. The van der Waals surface area contributed by atoms with Crippen LogP contribution in [0.15, 0.2) is 22.7 Å². The molecule has 0 amide bonds. The minimum atomic E-state index is 0.0323. The van der Waals surface area contributed by atoms with Crippen molar-refractivity contribution in [2.75, 3.05) is 0 Å². The van der Waals surface area contributed by atoms with Crippen LogP contribution < -0.4 is 0 Å². The van der Waals surface area contributed by atoms with Gasteiger partial charge in [-0.25, -0.2) is 0 Å². The molecule has 2 nitrogen and oxygen atoms in total. The zero-order valence-electron chi connectivity index (χ0n) is 12.1. The van der Waals surface area contributed by atoms with Crippen LogP contribution in [0.25, 0.3) is 0 Å². The highest BCUT2D eigenvalue weighted by Gasteiger charge is 2.62. The fourth-order valence-corrected chi connectivity index (χ4v) is 5.72. The molecule has 1 unspecified atom stereocenters. The maximum absolute atomic E-state index is 12.2. The van der Waals surface area contributed by atoms with E-state index in [2.05, 4.69) is 41.1 Å². The lowest BCUT2D eigenvalue weighted by atomic mass is 9.81. The van der Waals surface area contributed by atoms with Gasteiger partial charge in [0.15, 0.2) is 0 Å². The van der Waals surface area contributed by atoms with Gasteiger partial charge in [-0.3, -0.25) is 9.59 Å². The van der Waals surface area contributed by atoms with Crippen molar-refractivity contribution >= 4 is 27.5 Å². The normalized spacial score (nSPS) is 37.3. The van der Waals surface area contributed by atoms with Gasteiger partial charge in [0.1, 0.15) is 11.6 Å². The van der Waals surface area contributed by atoms with Crippen LogP contribution in [0.1, 0.15) is 43.2 Å². The van der Waals surface area contributed by atoms with Crippen LogP contribution in [0.5, 0.6) is 0 Å². The second-order valence-corrected chi connectivity index (χ2v) is 7.70. The molecule has 0 aromatic heterocycles. The predicted octanol–water partition coefficient (Wildman–Crippen LogP) is 3.91. The Morgan fingerprint density at radius 2 is 1.67 bits per heavy atom. The molecule has 2 bridgehead atoms. The second kappa shape index (κ2) is 4.77. The molecule has 4 rings (SSSR count). The largest absolute Gasteiger partial charge is 0.299 e. The van der Waals surface area contributed by atoms with E-state index in [4.69, 9.17) is 0 Å². The topological polar surface area (TPSA) is 34.1 Å². The smallest absolute Gasteiger partial charge is 0.144 e. The average molecular weight is 347 g/mol. The SMILES string of the molecule is CCc1ccc(Br)cc1C1[C@H]2CC[C@@H]1[C@@H]1C(=O)CC(=O)[C@@H]12. The van der Waals surface area contributed by atoms with Crippen molar-refractivity contribution in [2.45, 2.75) is 38.5 Å². The first-order valence-corrected chi connectivity index (χ1v) is 8.75. The fraction of sp³-hybridized carbons (Fsp3) is 0.556. The number of halogens is 1. The number of hydrogen-bond donors (Lipinski definition) is 0. The highest BCUT2D eigenvalue weighted by molar-refractivity contribution is 9.10. The van der Waals surface area contributed by atoms with Crippen molar-refractivity contribution in [3.63, 3.8) is 0 Å². The van der Waals surface area contributed by atoms with Gasteiger partial charge in [-0.15, -0.1) is 0 Å². The number of fused-ring (bicyclic) bond motifs is 5. The summed E-state index contributed by atoms with van der Waals surface area (Å²) in [7, 11) is 0. The Morgan fingerprint density at radius 3 is 2.24 bits per heavy atom. The number of aryl methyl sites for hydroxylation is 1. The Kier molecular flexibility index (Phi) is 3.11. The van der Waals surface area contributed by atoms with Crippen LogP contribution in [-0.4, -0.2) is 11.6 Å². The van der Waals surface area contributed by atoms with Gasteiger partial charge in [0.2, 0.25) is 0 Å². The minimum absolute atomic E-state index is 0.0323. The van der Waals surface area contributed by atoms with Crippen LogP contribution in [-0.2, 0) is 16.0 Å². The summed E-state index contributed by atoms with van der Waals surface area (Å²) >= 11 is 3.58. The van der Waals surface area contributed by atoms with E-state index in [1.54, 1.807) is 0 Å². The van der Waals surface area contributed by atoms with Crippen molar-refractivity contribution in [1.82, 2.24) is 0 Å². The Labute approximate surface area is 133 Å². The summed E-state index contributed by atoms with van der Waals surface area (Å²) in [6, 6.07) is 6.51. The quantitative estimate of drug-likeness (QED) is 0.760. The summed E-state index contributed by atoms with van der Waals surface area (Å²) in [5.41, 5.74) is 2.76. The van der Waals surface area contributed by atoms with Gasteiger partial charge in [0, 0.05) is 16.3 Å². The van der Waals surface area contributed by atoms with Crippen molar-refractivity contribution in [1.29, 1.82) is 0 Å². The summed E-state index contributed by atoms with van der Waals surface area (Å²) in [6.07, 6.45) is 3.44. The van der Waals surface area contributed by atoms with E-state index in [0.29, 0.717) is 17.8 Å². The molecule has 0 spiro atoms. The molecule has 0 heterocycles. The monoisotopic (exact) mass is 346 g/mol. The van der Waals surface area contributed by atoms with Gasteiger partial charge in [-0.05, 0) is 60.3 Å². The van der Waals surface area contributed by atoms with E-state index in [1.807, 2.05) is 0 Å². The summed E-state index contributed by atoms with van der Waals surface area (Å²) in [4.78, 5) is 24.4. The summed E-state index contributed by atoms with van der Waals surface area (Å²) in [5, 5.41) is 0. The third-order valence-electron chi connectivity index (χ3n) is 6.01. The first-order valence-electron chi connectivity index (χ1n) is 7.95. The lowest BCUT2D eigenvalue weighted by Crippen LogP contribution is -2.24. The predicted molar refractivity (Wildman–Crippen MR) is 84.1 cm³/mol. The minimum Gasteiger partial charge on any atom is -0.299 e. The zero-order valence-corrected chi connectivity index (χ0v) is 13.7. The molecule has 21 heavy (non-hydrogen) atoms. The maximum Gasteiger partial charge on any atom is 0.144 e. The van der Waals surface area contributed by atoms with E-state index in [1.165, 1.54) is 11.1 Å². The van der Waals surface area contributed by atoms with Crippen LogP contribution >= 0.6 is 15.9 Å². The van der Waals surface area contributed by atoms with E-state index >= 15 is 0 Å². The number of ketones is 2. The lowest BCUT2D eigenvalue weighted by molar-refractivity contribution is -0.123. The number of carbonyl (C=O) groups excluding carboxylic acids is 2. The number of carbonyl (C=O) groups is 2.